The summed E-state index contributed by atoms with van der Waals surface area (Å²) in [6.45, 7) is 1.92. The van der Waals surface area contributed by atoms with Gasteiger partial charge in [0.05, 0.1) is 0 Å². The van der Waals surface area contributed by atoms with Crippen LogP contribution in [0.2, 0.25) is 0 Å². The standard InChI is InChI=1S/C7H6O.11Y/c1-6-2-4-7(8)5-3-6;;;;;;;;;;;/h2-3,8H,1H3;;;;;;;;;;;/q-2;;;;;;;;;;;. The fraction of sp³-hybridized carbons (Fsp3) is 0.143. The number of phenolic OH excluding ortho intramolecular Hbond substituents is 1. The van der Waals surface area contributed by atoms with Gasteiger partial charge in [0.15, 0.2) is 0 Å². The zero-order chi connectivity index (χ0) is 5.98. The van der Waals surface area contributed by atoms with E-state index in [9.17, 15) is 0 Å². The summed E-state index contributed by atoms with van der Waals surface area (Å²) in [5.74, 6) is 0.0793. The van der Waals surface area contributed by atoms with Crippen LogP contribution in [0, 0.1) is 19.1 Å². The Hall–Kier alpha value is 11.2. The third-order valence-corrected chi connectivity index (χ3v) is 0.873. The van der Waals surface area contributed by atoms with E-state index in [2.05, 4.69) is 12.1 Å². The first-order chi connectivity index (χ1) is 3.79. The Kier molecular flexibility index (Phi) is 190. The van der Waals surface area contributed by atoms with Crippen molar-refractivity contribution < 1.29 is 365 Å². The van der Waals surface area contributed by atoms with E-state index in [1.54, 1.807) is 12.1 Å². The minimum atomic E-state index is 0. The van der Waals surface area contributed by atoms with E-state index in [1.807, 2.05) is 6.92 Å². The van der Waals surface area contributed by atoms with Crippen molar-refractivity contribution in [3.8, 4) is 5.75 Å². The molecule has 0 unspecified atom stereocenters. The van der Waals surface area contributed by atoms with E-state index in [-0.39, 0.29) is 366 Å². The van der Waals surface area contributed by atoms with Crippen molar-refractivity contribution in [1.82, 2.24) is 0 Å². The van der Waals surface area contributed by atoms with Gasteiger partial charge >= 0.3 is 0 Å². The van der Waals surface area contributed by atoms with Gasteiger partial charge in [0, 0.05) is 360 Å². The quantitative estimate of drug-likeness (QED) is 0.389. The first kappa shape index (κ1) is 69.9. The average molecular weight is 1080 g/mol. The van der Waals surface area contributed by atoms with E-state index in [1.165, 1.54) is 0 Å². The van der Waals surface area contributed by atoms with Crippen LogP contribution >= 0.6 is 0 Å². The molecule has 1 N–H and O–H groups in total. The fourth-order valence-electron chi connectivity index (χ4n) is 0.448. The Labute approximate surface area is 394 Å². The van der Waals surface area contributed by atoms with Crippen LogP contribution in [-0.2, 0) is 360 Å². The topological polar surface area (TPSA) is 20.2 Å². The van der Waals surface area contributed by atoms with Crippen LogP contribution in [0.4, 0.5) is 0 Å². The number of hydrogen-bond acceptors (Lipinski definition) is 1. The average Bonchev–Trinajstić information content (AvgIpc) is 1.77. The third-order valence-electron chi connectivity index (χ3n) is 0.873. The first-order valence-corrected chi connectivity index (χ1v) is 2.38. The molecule has 75 valence electrons. The summed E-state index contributed by atoms with van der Waals surface area (Å²) in [4.78, 5) is 0. The SMILES string of the molecule is Cc1c[c-]c(O)[c-]c1.[Y].[Y].[Y].[Y].[Y].[Y].[Y].[Y].[Y].[Y].[Y]. The van der Waals surface area contributed by atoms with Gasteiger partial charge < -0.3 is 17.2 Å². The number of aromatic hydroxyl groups is 1. The third kappa shape index (κ3) is 48.0. The van der Waals surface area contributed by atoms with Crippen LogP contribution < -0.4 is 0 Å². The second kappa shape index (κ2) is 51.6. The van der Waals surface area contributed by atoms with Crippen molar-refractivity contribution in [3.63, 3.8) is 0 Å². The van der Waals surface area contributed by atoms with E-state index in [0.717, 1.165) is 5.56 Å². The summed E-state index contributed by atoms with van der Waals surface area (Å²) in [7, 11) is 0. The molecule has 0 atom stereocenters. The Balaban J connectivity index is -0.00000000646. The van der Waals surface area contributed by atoms with Gasteiger partial charge in [-0.15, -0.1) is 12.7 Å². The maximum atomic E-state index is 8.65. The molecule has 1 rings (SSSR count). The first-order valence-electron chi connectivity index (χ1n) is 2.38. The van der Waals surface area contributed by atoms with Gasteiger partial charge in [0.25, 0.3) is 0 Å². The molecule has 0 heterocycles. The monoisotopic (exact) mass is 1080 g/mol. The molecule has 19 heavy (non-hydrogen) atoms. The van der Waals surface area contributed by atoms with Crippen molar-refractivity contribution in [3.05, 3.63) is 29.8 Å². The number of rotatable bonds is 0. The van der Waals surface area contributed by atoms with Gasteiger partial charge in [0.1, 0.15) is 0 Å². The van der Waals surface area contributed by atoms with Crippen LogP contribution in [0.15, 0.2) is 12.1 Å². The van der Waals surface area contributed by atoms with Gasteiger partial charge in [-0.3, -0.25) is 17.7 Å². The van der Waals surface area contributed by atoms with E-state index in [4.69, 9.17) is 5.11 Å². The summed E-state index contributed by atoms with van der Waals surface area (Å²) < 4.78 is 0. The molecule has 0 saturated carbocycles. The minimum Gasteiger partial charge on any atom is -0.559 e. The molecule has 0 aliphatic rings. The van der Waals surface area contributed by atoms with Gasteiger partial charge in [-0.25, -0.2) is 0 Å². The molecule has 1 nitrogen and oxygen atoms in total. The minimum absolute atomic E-state index is 0. The van der Waals surface area contributed by atoms with Gasteiger partial charge in [-0.1, -0.05) is 0 Å². The normalized spacial score (nSPS) is 3.84. The number of benzene rings is 1. The molecule has 0 spiro atoms. The van der Waals surface area contributed by atoms with E-state index < -0.39 is 0 Å². The molecule has 0 aliphatic carbocycles. The maximum absolute atomic E-state index is 8.65. The Morgan fingerprint density at radius 1 is 0.632 bits per heavy atom. The maximum Gasteiger partial charge on any atom is 0 e. The number of phenols is 1. The molecule has 11 radical (unpaired) electrons. The molecule has 0 aliphatic heterocycles. The van der Waals surface area contributed by atoms with Crippen molar-refractivity contribution in [2.24, 2.45) is 0 Å². The van der Waals surface area contributed by atoms with Crippen LogP contribution in [0.3, 0.4) is 0 Å². The van der Waals surface area contributed by atoms with Gasteiger partial charge in [-0.2, -0.15) is 0 Å². The molecule has 0 aromatic heterocycles. The molecule has 0 amide bonds. The predicted molar refractivity (Wildman–Crippen MR) is 30.5 cm³/mol. The van der Waals surface area contributed by atoms with Gasteiger partial charge in [-0.05, 0) is 0 Å². The number of hydrogen-bond donors (Lipinski definition) is 1. The summed E-state index contributed by atoms with van der Waals surface area (Å²) in [5.41, 5.74) is 1.06. The Morgan fingerprint density at radius 2 is 0.842 bits per heavy atom. The van der Waals surface area contributed by atoms with Crippen LogP contribution in [0.25, 0.3) is 0 Å². The molecule has 0 fully saturated rings. The Bertz CT molecular complexity index is 162. The molecule has 12 heteroatoms. The summed E-state index contributed by atoms with van der Waals surface area (Å²) in [6.07, 6.45) is 0. The van der Waals surface area contributed by atoms with Crippen LogP contribution in [0.1, 0.15) is 5.56 Å². The van der Waals surface area contributed by atoms with Gasteiger partial charge in [0.2, 0.25) is 0 Å². The van der Waals surface area contributed by atoms with Crippen LogP contribution in [-0.4, -0.2) is 5.11 Å². The summed E-state index contributed by atoms with van der Waals surface area (Å²) in [6, 6.07) is 8.63. The van der Waals surface area contributed by atoms with E-state index >= 15 is 0 Å². The smallest absolute Gasteiger partial charge is 0 e. The van der Waals surface area contributed by atoms with Crippen molar-refractivity contribution in [2.75, 3.05) is 0 Å². The molecule has 0 bridgehead atoms. The largest absolute Gasteiger partial charge is 0.559 e. The second-order valence-electron chi connectivity index (χ2n) is 1.67. The molecular formula is C7H6OY11-2. The zero-order valence-electron chi connectivity index (χ0n) is 11.0. The summed E-state index contributed by atoms with van der Waals surface area (Å²) >= 11 is 0. The van der Waals surface area contributed by atoms with Crippen molar-refractivity contribution >= 4 is 0 Å². The molecule has 1 aromatic rings. The zero-order valence-corrected chi connectivity index (χ0v) is 42.2. The van der Waals surface area contributed by atoms with Crippen molar-refractivity contribution in [1.29, 1.82) is 0 Å². The molecular weight excluding hydrogens is 1080 g/mol. The second-order valence-corrected chi connectivity index (χ2v) is 1.67. The van der Waals surface area contributed by atoms with Crippen molar-refractivity contribution in [2.45, 2.75) is 6.92 Å². The Morgan fingerprint density at radius 3 is 1.00 bits per heavy atom. The molecule has 0 saturated heterocycles. The van der Waals surface area contributed by atoms with E-state index in [0.29, 0.717) is 0 Å². The summed E-state index contributed by atoms with van der Waals surface area (Å²) in [5, 5.41) is 8.65. The fourth-order valence-corrected chi connectivity index (χ4v) is 0.448. The predicted octanol–water partition coefficient (Wildman–Crippen LogP) is 1.27. The number of aryl methyl sites for hydroxylation is 1. The molecule has 1 aromatic carbocycles. The van der Waals surface area contributed by atoms with Crippen LogP contribution in [0.5, 0.6) is 5.75 Å².